The van der Waals surface area contributed by atoms with Gasteiger partial charge < -0.3 is 9.47 Å². The van der Waals surface area contributed by atoms with Gasteiger partial charge in [0.2, 0.25) is 0 Å². The molecule has 1 unspecified atom stereocenters. The third-order valence-corrected chi connectivity index (χ3v) is 5.87. The highest BCUT2D eigenvalue weighted by Crippen LogP contribution is 2.44. The van der Waals surface area contributed by atoms with Crippen LogP contribution in [0.1, 0.15) is 24.8 Å². The molecule has 1 aromatic heterocycles. The van der Waals surface area contributed by atoms with E-state index >= 15 is 0 Å². The van der Waals surface area contributed by atoms with Crippen LogP contribution in [-0.2, 0) is 16.0 Å². The number of rotatable bonds is 4. The van der Waals surface area contributed by atoms with E-state index in [-0.39, 0.29) is 0 Å². The Morgan fingerprint density at radius 3 is 2.95 bits per heavy atom. The van der Waals surface area contributed by atoms with Crippen LogP contribution in [0, 0.1) is 11.3 Å². The molecule has 0 aromatic carbocycles. The Kier molecular flexibility index (Phi) is 4.76. The maximum absolute atomic E-state index is 5.68. The van der Waals surface area contributed by atoms with E-state index in [0.717, 1.165) is 26.4 Å². The molecule has 20 heavy (non-hydrogen) atoms. The number of hydrogen-bond acceptors (Lipinski definition) is 4. The van der Waals surface area contributed by atoms with Crippen LogP contribution < -0.4 is 0 Å². The summed E-state index contributed by atoms with van der Waals surface area (Å²) in [4.78, 5) is 2.60. The van der Waals surface area contributed by atoms with Crippen molar-refractivity contribution in [2.45, 2.75) is 25.8 Å². The van der Waals surface area contributed by atoms with E-state index in [0.29, 0.717) is 11.3 Å². The summed E-state index contributed by atoms with van der Waals surface area (Å²) in [7, 11) is 1.81. The van der Waals surface area contributed by atoms with Gasteiger partial charge in [-0.2, -0.15) is 11.3 Å². The summed E-state index contributed by atoms with van der Waals surface area (Å²) >= 11 is 1.80. The second-order valence-corrected chi connectivity index (χ2v) is 7.03. The van der Waals surface area contributed by atoms with Crippen LogP contribution in [0.4, 0.5) is 0 Å². The first-order chi connectivity index (χ1) is 9.82. The molecular formula is C16H25NO2S. The first-order valence-electron chi connectivity index (χ1n) is 7.62. The highest BCUT2D eigenvalue weighted by molar-refractivity contribution is 7.07. The van der Waals surface area contributed by atoms with Gasteiger partial charge in [0.05, 0.1) is 13.2 Å². The molecule has 3 rings (SSSR count). The topological polar surface area (TPSA) is 21.7 Å². The van der Waals surface area contributed by atoms with Crippen molar-refractivity contribution in [1.29, 1.82) is 0 Å². The Balaban J connectivity index is 1.58. The minimum atomic E-state index is 0.472. The molecule has 0 N–H and O–H groups in total. The van der Waals surface area contributed by atoms with Crippen LogP contribution in [0.2, 0.25) is 0 Å². The van der Waals surface area contributed by atoms with Gasteiger partial charge in [-0.1, -0.05) is 0 Å². The second kappa shape index (κ2) is 6.56. The molecule has 2 aliphatic rings. The van der Waals surface area contributed by atoms with Crippen molar-refractivity contribution in [2.75, 3.05) is 40.0 Å². The Hall–Kier alpha value is -0.420. The van der Waals surface area contributed by atoms with E-state index in [1.54, 1.807) is 11.3 Å². The Bertz CT molecular complexity index is 397. The lowest BCUT2D eigenvalue weighted by atomic mass is 9.66. The lowest BCUT2D eigenvalue weighted by Crippen LogP contribution is -2.49. The quantitative estimate of drug-likeness (QED) is 0.852. The van der Waals surface area contributed by atoms with E-state index in [9.17, 15) is 0 Å². The van der Waals surface area contributed by atoms with Gasteiger partial charge in [-0.3, -0.25) is 4.90 Å². The van der Waals surface area contributed by atoms with Crippen LogP contribution in [0.5, 0.6) is 0 Å². The molecule has 3 nitrogen and oxygen atoms in total. The Morgan fingerprint density at radius 2 is 2.25 bits per heavy atom. The second-order valence-electron chi connectivity index (χ2n) is 6.25. The monoisotopic (exact) mass is 295 g/mol. The van der Waals surface area contributed by atoms with E-state index in [4.69, 9.17) is 9.47 Å². The van der Waals surface area contributed by atoms with Crippen LogP contribution in [0.3, 0.4) is 0 Å². The van der Waals surface area contributed by atoms with Gasteiger partial charge in [-0.25, -0.2) is 0 Å². The van der Waals surface area contributed by atoms with Crippen molar-refractivity contribution in [3.05, 3.63) is 22.4 Å². The number of methoxy groups -OCH3 is 1. The van der Waals surface area contributed by atoms with Gasteiger partial charge in [-0.15, -0.1) is 0 Å². The summed E-state index contributed by atoms with van der Waals surface area (Å²) in [5, 5.41) is 4.44. The zero-order valence-corrected chi connectivity index (χ0v) is 13.2. The van der Waals surface area contributed by atoms with Crippen molar-refractivity contribution in [2.24, 2.45) is 11.3 Å². The largest absolute Gasteiger partial charge is 0.384 e. The maximum Gasteiger partial charge on any atom is 0.0521 e. The maximum atomic E-state index is 5.68. The molecule has 2 saturated heterocycles. The zero-order valence-electron chi connectivity index (χ0n) is 12.3. The van der Waals surface area contributed by atoms with Crippen molar-refractivity contribution in [1.82, 2.24) is 4.90 Å². The number of thiophene rings is 1. The van der Waals surface area contributed by atoms with Crippen molar-refractivity contribution < 1.29 is 9.47 Å². The number of nitrogens with zero attached hydrogens (tertiary/aromatic N) is 1. The summed E-state index contributed by atoms with van der Waals surface area (Å²) in [6, 6.07) is 2.25. The standard InChI is InChI=1S/C16H25NO2S/c1-18-11-15-12-19-8-5-16(15)3-6-17(7-4-16)10-14-2-9-20-13-14/h2,9,13,15H,3-8,10-12H2,1H3. The van der Waals surface area contributed by atoms with Crippen molar-refractivity contribution in [3.8, 4) is 0 Å². The summed E-state index contributed by atoms with van der Waals surface area (Å²) in [5.41, 5.74) is 1.94. The predicted molar refractivity (Wildman–Crippen MR) is 82.1 cm³/mol. The minimum absolute atomic E-state index is 0.472. The number of piperidine rings is 1. The highest BCUT2D eigenvalue weighted by Gasteiger charge is 2.43. The van der Waals surface area contributed by atoms with Gasteiger partial charge in [0, 0.05) is 26.2 Å². The van der Waals surface area contributed by atoms with Crippen LogP contribution in [0.25, 0.3) is 0 Å². The summed E-state index contributed by atoms with van der Waals surface area (Å²) in [6.07, 6.45) is 3.82. The van der Waals surface area contributed by atoms with E-state index in [2.05, 4.69) is 21.7 Å². The molecule has 1 atom stereocenters. The lowest BCUT2D eigenvalue weighted by molar-refractivity contribution is -0.0951. The summed E-state index contributed by atoms with van der Waals surface area (Å²) in [6.45, 7) is 6.23. The fourth-order valence-corrected chi connectivity index (χ4v) is 4.42. The van der Waals surface area contributed by atoms with Crippen LogP contribution in [-0.4, -0.2) is 44.9 Å². The molecule has 0 bridgehead atoms. The van der Waals surface area contributed by atoms with Gasteiger partial charge >= 0.3 is 0 Å². The molecule has 0 radical (unpaired) electrons. The predicted octanol–water partition coefficient (Wildman–Crippen LogP) is 3.01. The first-order valence-corrected chi connectivity index (χ1v) is 8.57. The number of hydrogen-bond donors (Lipinski definition) is 0. The van der Waals surface area contributed by atoms with Crippen molar-refractivity contribution in [3.63, 3.8) is 0 Å². The normalized spacial score (nSPS) is 26.9. The first kappa shape index (κ1) is 14.5. The molecule has 4 heteroatoms. The SMILES string of the molecule is COCC1COCCC12CCN(Cc1ccsc1)CC2. The third kappa shape index (κ3) is 3.08. The fraction of sp³-hybridized carbons (Fsp3) is 0.750. The van der Waals surface area contributed by atoms with Gasteiger partial charge in [0.25, 0.3) is 0 Å². The van der Waals surface area contributed by atoms with Crippen LogP contribution >= 0.6 is 11.3 Å². The Labute approximate surface area is 125 Å². The highest BCUT2D eigenvalue weighted by atomic mass is 32.1. The van der Waals surface area contributed by atoms with Crippen LogP contribution in [0.15, 0.2) is 16.8 Å². The van der Waals surface area contributed by atoms with E-state index < -0.39 is 0 Å². The average Bonchev–Trinajstić information content (AvgIpc) is 2.97. The fourth-order valence-electron chi connectivity index (χ4n) is 3.76. The molecule has 112 valence electrons. The molecule has 0 saturated carbocycles. The smallest absolute Gasteiger partial charge is 0.0521 e. The molecule has 2 fully saturated rings. The molecule has 1 spiro atoms. The Morgan fingerprint density at radius 1 is 1.40 bits per heavy atom. The lowest BCUT2D eigenvalue weighted by Gasteiger charge is -2.49. The summed E-state index contributed by atoms with van der Waals surface area (Å²) < 4.78 is 11.1. The van der Waals surface area contributed by atoms with E-state index in [1.807, 2.05) is 7.11 Å². The third-order valence-electron chi connectivity index (χ3n) is 5.14. The van der Waals surface area contributed by atoms with E-state index in [1.165, 1.54) is 37.9 Å². The molecule has 1 aromatic rings. The molecular weight excluding hydrogens is 270 g/mol. The molecule has 0 amide bonds. The molecule has 2 aliphatic heterocycles. The summed E-state index contributed by atoms with van der Waals surface area (Å²) in [5.74, 6) is 0.588. The zero-order chi connectivity index (χ0) is 13.8. The number of ether oxygens (including phenoxy) is 2. The van der Waals surface area contributed by atoms with Gasteiger partial charge in [-0.05, 0) is 60.2 Å². The molecule has 3 heterocycles. The minimum Gasteiger partial charge on any atom is -0.384 e. The van der Waals surface area contributed by atoms with Gasteiger partial charge in [0.1, 0.15) is 0 Å². The average molecular weight is 295 g/mol. The van der Waals surface area contributed by atoms with Gasteiger partial charge in [0.15, 0.2) is 0 Å². The van der Waals surface area contributed by atoms with Crippen molar-refractivity contribution >= 4 is 11.3 Å². The number of likely N-dealkylation sites (tertiary alicyclic amines) is 1. The molecule has 0 aliphatic carbocycles.